The minimum Gasteiger partial charge on any atom is -0.438 e. The molecule has 1 saturated heterocycles. The third-order valence-electron chi connectivity index (χ3n) is 4.27. The van der Waals surface area contributed by atoms with Gasteiger partial charge in [0, 0.05) is 12.2 Å². The zero-order valence-electron chi connectivity index (χ0n) is 13.1. The van der Waals surface area contributed by atoms with Gasteiger partial charge >= 0.3 is 6.09 Å². The zero-order valence-corrected chi connectivity index (χ0v) is 13.1. The van der Waals surface area contributed by atoms with Gasteiger partial charge in [-0.3, -0.25) is 4.90 Å². The predicted molar refractivity (Wildman–Crippen MR) is 88.0 cm³/mol. The van der Waals surface area contributed by atoms with E-state index >= 15 is 0 Å². The van der Waals surface area contributed by atoms with Crippen molar-refractivity contribution in [1.82, 2.24) is 0 Å². The fourth-order valence-electron chi connectivity index (χ4n) is 2.99. The third-order valence-corrected chi connectivity index (χ3v) is 4.27. The van der Waals surface area contributed by atoms with E-state index in [0.29, 0.717) is 6.54 Å². The van der Waals surface area contributed by atoms with E-state index in [2.05, 4.69) is 0 Å². The van der Waals surface area contributed by atoms with Crippen molar-refractivity contribution in [3.63, 3.8) is 0 Å². The van der Waals surface area contributed by atoms with Crippen LogP contribution in [0.5, 0.6) is 0 Å². The Kier molecular flexibility index (Phi) is 3.88. The van der Waals surface area contributed by atoms with Crippen molar-refractivity contribution in [3.05, 3.63) is 65.7 Å². The Morgan fingerprint density at radius 3 is 2.59 bits per heavy atom. The Bertz CT molecular complexity index is 668. The standard InChI is InChI=1S/C19H21NO2/c1-15-8-6-11-17(14-15)20-13-7-12-19(2,22-18(20)21)16-9-4-3-5-10-16/h3-6,8-11,14H,7,12-13H2,1-2H3. The molecule has 1 atom stereocenters. The van der Waals surface area contributed by atoms with Crippen LogP contribution in [0.1, 0.15) is 30.9 Å². The Balaban J connectivity index is 1.87. The summed E-state index contributed by atoms with van der Waals surface area (Å²) in [7, 11) is 0. The largest absolute Gasteiger partial charge is 0.438 e. The van der Waals surface area contributed by atoms with Crippen LogP contribution >= 0.6 is 0 Å². The highest BCUT2D eigenvalue weighted by atomic mass is 16.6. The normalized spacial score (nSPS) is 22.1. The number of carbonyl (C=O) groups excluding carboxylic acids is 1. The highest BCUT2D eigenvalue weighted by Gasteiger charge is 2.36. The molecular formula is C19H21NO2. The molecule has 0 spiro atoms. The van der Waals surface area contributed by atoms with Gasteiger partial charge in [-0.15, -0.1) is 0 Å². The molecule has 3 nitrogen and oxygen atoms in total. The summed E-state index contributed by atoms with van der Waals surface area (Å²) in [5.74, 6) is 0. The molecule has 1 aliphatic heterocycles. The summed E-state index contributed by atoms with van der Waals surface area (Å²) in [6, 6.07) is 18.0. The first kappa shape index (κ1) is 14.6. The molecule has 0 saturated carbocycles. The van der Waals surface area contributed by atoms with Gasteiger partial charge in [-0.05, 0) is 49.9 Å². The lowest BCUT2D eigenvalue weighted by atomic mass is 9.91. The van der Waals surface area contributed by atoms with Crippen LogP contribution < -0.4 is 4.90 Å². The summed E-state index contributed by atoms with van der Waals surface area (Å²) in [6.45, 7) is 4.71. The number of anilines is 1. The molecule has 2 aromatic rings. The molecule has 0 radical (unpaired) electrons. The number of nitrogens with zero attached hydrogens (tertiary/aromatic N) is 1. The Morgan fingerprint density at radius 2 is 1.86 bits per heavy atom. The molecule has 1 aliphatic rings. The van der Waals surface area contributed by atoms with Gasteiger partial charge in [-0.25, -0.2) is 4.79 Å². The molecule has 1 unspecified atom stereocenters. The zero-order chi connectivity index (χ0) is 15.6. The average molecular weight is 295 g/mol. The monoisotopic (exact) mass is 295 g/mol. The Morgan fingerprint density at radius 1 is 1.09 bits per heavy atom. The lowest BCUT2D eigenvalue weighted by Crippen LogP contribution is -2.34. The van der Waals surface area contributed by atoms with Crippen LogP contribution in [-0.4, -0.2) is 12.6 Å². The number of amides is 1. The fourth-order valence-corrected chi connectivity index (χ4v) is 2.99. The van der Waals surface area contributed by atoms with Crippen molar-refractivity contribution in [1.29, 1.82) is 0 Å². The predicted octanol–water partition coefficient (Wildman–Crippen LogP) is 4.65. The number of benzene rings is 2. The first-order chi connectivity index (χ1) is 10.6. The maximum absolute atomic E-state index is 12.6. The fraction of sp³-hybridized carbons (Fsp3) is 0.316. The highest BCUT2D eigenvalue weighted by molar-refractivity contribution is 5.88. The summed E-state index contributed by atoms with van der Waals surface area (Å²) < 4.78 is 5.88. The van der Waals surface area contributed by atoms with Gasteiger partial charge in [-0.2, -0.15) is 0 Å². The molecule has 114 valence electrons. The van der Waals surface area contributed by atoms with Crippen molar-refractivity contribution in [2.24, 2.45) is 0 Å². The average Bonchev–Trinajstić information content (AvgIpc) is 2.67. The van der Waals surface area contributed by atoms with E-state index in [4.69, 9.17) is 4.74 Å². The molecule has 0 aliphatic carbocycles. The second kappa shape index (κ2) is 5.84. The topological polar surface area (TPSA) is 29.5 Å². The van der Waals surface area contributed by atoms with Crippen LogP contribution in [0.3, 0.4) is 0 Å². The van der Waals surface area contributed by atoms with Crippen LogP contribution in [0, 0.1) is 6.92 Å². The van der Waals surface area contributed by atoms with Crippen molar-refractivity contribution >= 4 is 11.8 Å². The summed E-state index contributed by atoms with van der Waals surface area (Å²) in [6.07, 6.45) is 1.46. The lowest BCUT2D eigenvalue weighted by molar-refractivity contribution is 0.0269. The van der Waals surface area contributed by atoms with Crippen LogP contribution in [0.25, 0.3) is 0 Å². The molecule has 0 N–H and O–H groups in total. The van der Waals surface area contributed by atoms with Crippen LogP contribution in [0.4, 0.5) is 10.5 Å². The maximum atomic E-state index is 12.6. The molecule has 3 rings (SSSR count). The second-order valence-electron chi connectivity index (χ2n) is 6.06. The van der Waals surface area contributed by atoms with Crippen molar-refractivity contribution in [3.8, 4) is 0 Å². The van der Waals surface area contributed by atoms with Crippen LogP contribution in [0.2, 0.25) is 0 Å². The van der Waals surface area contributed by atoms with E-state index in [-0.39, 0.29) is 6.09 Å². The van der Waals surface area contributed by atoms with E-state index in [1.165, 1.54) is 0 Å². The van der Waals surface area contributed by atoms with Gasteiger partial charge in [-0.1, -0.05) is 42.5 Å². The minimum atomic E-state index is -0.559. The number of ether oxygens (including phenoxy) is 1. The van der Waals surface area contributed by atoms with Crippen molar-refractivity contribution in [2.75, 3.05) is 11.4 Å². The van der Waals surface area contributed by atoms with Crippen LogP contribution in [0.15, 0.2) is 54.6 Å². The van der Waals surface area contributed by atoms with E-state index in [1.807, 2.05) is 68.4 Å². The van der Waals surface area contributed by atoms with Gasteiger partial charge < -0.3 is 4.74 Å². The third kappa shape index (κ3) is 2.84. The summed E-state index contributed by atoms with van der Waals surface area (Å²) in [5, 5.41) is 0. The molecular weight excluding hydrogens is 274 g/mol. The van der Waals surface area contributed by atoms with Gasteiger partial charge in [0.2, 0.25) is 0 Å². The number of rotatable bonds is 2. The van der Waals surface area contributed by atoms with E-state index in [0.717, 1.165) is 29.7 Å². The SMILES string of the molecule is Cc1cccc(N2CCCC(C)(c3ccccc3)OC2=O)c1. The molecule has 1 heterocycles. The van der Waals surface area contributed by atoms with Gasteiger partial charge in [0.1, 0.15) is 5.60 Å². The molecule has 0 aromatic heterocycles. The van der Waals surface area contributed by atoms with Crippen molar-refractivity contribution in [2.45, 2.75) is 32.3 Å². The number of cyclic esters (lactones) is 1. The smallest absolute Gasteiger partial charge is 0.415 e. The molecule has 2 aromatic carbocycles. The minimum absolute atomic E-state index is 0.269. The lowest BCUT2D eigenvalue weighted by Gasteiger charge is -2.29. The maximum Gasteiger partial charge on any atom is 0.415 e. The molecule has 1 amide bonds. The Labute approximate surface area is 131 Å². The summed E-state index contributed by atoms with van der Waals surface area (Å²) in [4.78, 5) is 14.4. The molecule has 0 bridgehead atoms. The van der Waals surface area contributed by atoms with Gasteiger partial charge in [0.15, 0.2) is 0 Å². The highest BCUT2D eigenvalue weighted by Crippen LogP contribution is 2.34. The van der Waals surface area contributed by atoms with Crippen molar-refractivity contribution < 1.29 is 9.53 Å². The van der Waals surface area contributed by atoms with Gasteiger partial charge in [0.25, 0.3) is 0 Å². The number of hydrogen-bond donors (Lipinski definition) is 0. The second-order valence-corrected chi connectivity index (χ2v) is 6.06. The van der Waals surface area contributed by atoms with E-state index < -0.39 is 5.60 Å². The number of aryl methyl sites for hydroxylation is 1. The first-order valence-corrected chi connectivity index (χ1v) is 7.71. The quantitative estimate of drug-likeness (QED) is 0.807. The number of hydrogen-bond acceptors (Lipinski definition) is 2. The summed E-state index contributed by atoms with van der Waals surface area (Å²) >= 11 is 0. The first-order valence-electron chi connectivity index (χ1n) is 7.71. The summed E-state index contributed by atoms with van der Waals surface area (Å²) in [5.41, 5.74) is 2.54. The van der Waals surface area contributed by atoms with E-state index in [9.17, 15) is 4.79 Å². The molecule has 22 heavy (non-hydrogen) atoms. The Hall–Kier alpha value is -2.29. The number of carbonyl (C=O) groups is 1. The molecule has 3 heteroatoms. The van der Waals surface area contributed by atoms with E-state index in [1.54, 1.807) is 4.90 Å². The molecule has 1 fully saturated rings. The van der Waals surface area contributed by atoms with Crippen LogP contribution in [-0.2, 0) is 10.3 Å². The van der Waals surface area contributed by atoms with Gasteiger partial charge in [0.05, 0.1) is 0 Å².